The highest BCUT2D eigenvalue weighted by atomic mass is 16.3. The number of carbonyl (C=O) groups is 1. The Balaban J connectivity index is 1.61. The maximum Gasteiger partial charge on any atom is 0.222 e. The van der Waals surface area contributed by atoms with Crippen molar-refractivity contribution in [3.8, 4) is 0 Å². The van der Waals surface area contributed by atoms with Crippen LogP contribution in [0, 0.1) is 0 Å². The molecule has 0 aliphatic carbocycles. The zero-order valence-electron chi connectivity index (χ0n) is 15.0. The highest BCUT2D eigenvalue weighted by Gasteiger charge is 2.25. The Morgan fingerprint density at radius 2 is 2.00 bits per heavy atom. The third kappa shape index (κ3) is 4.10. The number of likely N-dealkylation sites (tertiary alicyclic amines) is 1. The maximum atomic E-state index is 12.2. The summed E-state index contributed by atoms with van der Waals surface area (Å²) in [5.41, 5.74) is 0.654. The number of amides is 1. The normalized spacial score (nSPS) is 16.2. The number of piperidine rings is 1. The summed E-state index contributed by atoms with van der Waals surface area (Å²) in [5, 5.41) is 0.626. The summed E-state index contributed by atoms with van der Waals surface area (Å²) in [4.78, 5) is 28.4. The molecule has 1 aromatic heterocycles. The topological polar surface area (TPSA) is 53.8 Å². The minimum absolute atomic E-state index is 0.0108. The predicted octanol–water partition coefficient (Wildman–Crippen LogP) is 3.02. The number of nitrogens with zero attached hydrogens (tertiary/aromatic N) is 2. The van der Waals surface area contributed by atoms with E-state index in [9.17, 15) is 9.59 Å². The first kappa shape index (κ1) is 17.7. The van der Waals surface area contributed by atoms with E-state index in [1.165, 1.54) is 0 Å². The summed E-state index contributed by atoms with van der Waals surface area (Å²) in [6, 6.07) is 9.27. The van der Waals surface area contributed by atoms with E-state index in [1.807, 2.05) is 37.1 Å². The first-order chi connectivity index (χ1) is 12.1. The highest BCUT2D eigenvalue weighted by Crippen LogP contribution is 2.19. The molecule has 1 amide bonds. The molecule has 0 unspecified atom stereocenters. The van der Waals surface area contributed by atoms with Gasteiger partial charge in [0, 0.05) is 38.7 Å². The summed E-state index contributed by atoms with van der Waals surface area (Å²) in [5.74, 6) is 0.944. The Labute approximate surface area is 148 Å². The van der Waals surface area contributed by atoms with Crippen LogP contribution in [0.1, 0.15) is 38.4 Å². The number of fused-ring (bicyclic) bond motifs is 1. The number of hydrogen-bond acceptors (Lipinski definition) is 4. The van der Waals surface area contributed by atoms with Crippen LogP contribution in [0.15, 0.2) is 39.5 Å². The van der Waals surface area contributed by atoms with Crippen LogP contribution in [0.3, 0.4) is 0 Å². The molecule has 0 radical (unpaired) electrons. The van der Waals surface area contributed by atoms with Gasteiger partial charge in [0.05, 0.1) is 11.9 Å². The minimum Gasteiger partial charge on any atom is -0.459 e. The monoisotopic (exact) mass is 342 g/mol. The quantitative estimate of drug-likeness (QED) is 0.838. The molecule has 1 aliphatic rings. The molecule has 0 atom stereocenters. The molecule has 5 nitrogen and oxygen atoms in total. The average molecular weight is 342 g/mol. The smallest absolute Gasteiger partial charge is 0.222 e. The van der Waals surface area contributed by atoms with E-state index in [0.717, 1.165) is 32.4 Å². The van der Waals surface area contributed by atoms with Gasteiger partial charge < -0.3 is 9.32 Å². The molecule has 1 aliphatic heterocycles. The van der Waals surface area contributed by atoms with Crippen LogP contribution < -0.4 is 5.43 Å². The molecule has 0 N–H and O–H groups in total. The van der Waals surface area contributed by atoms with E-state index in [1.54, 1.807) is 12.1 Å². The fourth-order valence-electron chi connectivity index (χ4n) is 3.51. The van der Waals surface area contributed by atoms with Crippen molar-refractivity contribution < 1.29 is 9.21 Å². The van der Waals surface area contributed by atoms with Gasteiger partial charge >= 0.3 is 0 Å². The van der Waals surface area contributed by atoms with Gasteiger partial charge in [-0.3, -0.25) is 14.5 Å². The first-order valence-corrected chi connectivity index (χ1v) is 9.08. The van der Waals surface area contributed by atoms with Crippen LogP contribution in [-0.4, -0.2) is 41.9 Å². The summed E-state index contributed by atoms with van der Waals surface area (Å²) in [6.07, 6.45) is 3.44. The Kier molecular flexibility index (Phi) is 5.53. The van der Waals surface area contributed by atoms with Crippen LogP contribution in [0.4, 0.5) is 0 Å². The maximum absolute atomic E-state index is 12.2. The van der Waals surface area contributed by atoms with Crippen LogP contribution in [0.2, 0.25) is 0 Å². The second kappa shape index (κ2) is 7.83. The van der Waals surface area contributed by atoms with E-state index in [0.29, 0.717) is 35.7 Å². The van der Waals surface area contributed by atoms with E-state index in [-0.39, 0.29) is 11.3 Å². The zero-order valence-corrected chi connectivity index (χ0v) is 15.0. The largest absolute Gasteiger partial charge is 0.459 e. The van der Waals surface area contributed by atoms with Crippen molar-refractivity contribution in [2.75, 3.05) is 20.1 Å². The van der Waals surface area contributed by atoms with E-state index < -0.39 is 0 Å². The Bertz CT molecular complexity index is 791. The van der Waals surface area contributed by atoms with Crippen LogP contribution in [0.5, 0.6) is 0 Å². The second-order valence-electron chi connectivity index (χ2n) is 6.84. The van der Waals surface area contributed by atoms with Crippen LogP contribution in [0.25, 0.3) is 11.0 Å². The zero-order chi connectivity index (χ0) is 17.8. The first-order valence-electron chi connectivity index (χ1n) is 9.08. The fraction of sp³-hybridized carbons (Fsp3) is 0.500. The molecule has 1 fully saturated rings. The molecule has 2 heterocycles. The summed E-state index contributed by atoms with van der Waals surface area (Å²) in [6.45, 7) is 4.49. The molecule has 0 saturated carbocycles. The van der Waals surface area contributed by atoms with Gasteiger partial charge in [0.15, 0.2) is 5.43 Å². The van der Waals surface area contributed by atoms with Gasteiger partial charge in [-0.05, 0) is 31.4 Å². The van der Waals surface area contributed by atoms with Gasteiger partial charge in [0.1, 0.15) is 11.3 Å². The molecule has 5 heteroatoms. The second-order valence-corrected chi connectivity index (χ2v) is 6.84. The van der Waals surface area contributed by atoms with Crippen molar-refractivity contribution in [2.24, 2.45) is 0 Å². The van der Waals surface area contributed by atoms with Crippen molar-refractivity contribution in [1.29, 1.82) is 0 Å². The molecular formula is C20H26N2O3. The lowest BCUT2D eigenvalue weighted by molar-refractivity contribution is -0.132. The molecule has 25 heavy (non-hydrogen) atoms. The molecule has 0 bridgehead atoms. The van der Waals surface area contributed by atoms with Crippen LogP contribution in [-0.2, 0) is 11.3 Å². The minimum atomic E-state index is 0.0108. The lowest BCUT2D eigenvalue weighted by Crippen LogP contribution is -2.45. The summed E-state index contributed by atoms with van der Waals surface area (Å²) in [7, 11) is 1.92. The van der Waals surface area contributed by atoms with Crippen LogP contribution >= 0.6 is 0 Å². The van der Waals surface area contributed by atoms with Crippen molar-refractivity contribution >= 4 is 16.9 Å². The fourth-order valence-corrected chi connectivity index (χ4v) is 3.51. The Hall–Kier alpha value is -2.14. The molecule has 134 valence electrons. The average Bonchev–Trinajstić information content (AvgIpc) is 2.62. The predicted molar refractivity (Wildman–Crippen MR) is 98.5 cm³/mol. The third-order valence-corrected chi connectivity index (χ3v) is 5.03. The highest BCUT2D eigenvalue weighted by molar-refractivity contribution is 5.76. The number of hydrogen-bond donors (Lipinski definition) is 0. The van der Waals surface area contributed by atoms with E-state index in [2.05, 4.69) is 4.90 Å². The lowest BCUT2D eigenvalue weighted by atomic mass is 10.0. The molecule has 3 rings (SSSR count). The van der Waals surface area contributed by atoms with Crippen molar-refractivity contribution in [3.05, 3.63) is 46.3 Å². The van der Waals surface area contributed by atoms with Crippen molar-refractivity contribution in [3.63, 3.8) is 0 Å². The van der Waals surface area contributed by atoms with Gasteiger partial charge in [-0.1, -0.05) is 19.1 Å². The summed E-state index contributed by atoms with van der Waals surface area (Å²) >= 11 is 0. The van der Waals surface area contributed by atoms with E-state index >= 15 is 0 Å². The number of benzene rings is 1. The summed E-state index contributed by atoms with van der Waals surface area (Å²) < 4.78 is 5.88. The van der Waals surface area contributed by atoms with Gasteiger partial charge in [-0.25, -0.2) is 0 Å². The standard InChI is InChI=1S/C20H26N2O3/c1-3-6-20(24)21(2)15-9-11-22(12-10-15)14-16-13-18(23)17-7-4-5-8-19(17)25-16/h4-5,7-8,13,15H,3,6,9-12,14H2,1-2H3. The van der Waals surface area contributed by atoms with E-state index in [4.69, 9.17) is 4.42 Å². The lowest BCUT2D eigenvalue weighted by Gasteiger charge is -2.36. The molecule has 0 spiro atoms. The Morgan fingerprint density at radius 1 is 1.28 bits per heavy atom. The molecule has 2 aromatic rings. The third-order valence-electron chi connectivity index (χ3n) is 5.03. The molecular weight excluding hydrogens is 316 g/mol. The van der Waals surface area contributed by atoms with Gasteiger partial charge in [0.2, 0.25) is 5.91 Å². The SMILES string of the molecule is CCCC(=O)N(C)C1CCN(Cc2cc(=O)c3ccccc3o2)CC1. The Morgan fingerprint density at radius 3 is 2.72 bits per heavy atom. The number of para-hydroxylation sites is 1. The van der Waals surface area contributed by atoms with Crippen molar-refractivity contribution in [2.45, 2.75) is 45.2 Å². The molecule has 1 aromatic carbocycles. The molecule has 1 saturated heterocycles. The van der Waals surface area contributed by atoms with Gasteiger partial charge in [-0.2, -0.15) is 0 Å². The number of carbonyl (C=O) groups excluding carboxylic acids is 1. The number of rotatable bonds is 5. The van der Waals surface area contributed by atoms with Gasteiger partial charge in [0.25, 0.3) is 0 Å². The van der Waals surface area contributed by atoms with Crippen molar-refractivity contribution in [1.82, 2.24) is 9.80 Å². The van der Waals surface area contributed by atoms with Gasteiger partial charge in [-0.15, -0.1) is 0 Å².